The Hall–Kier alpha value is -1.26. The number of amides is 2. The first kappa shape index (κ1) is 18.8. The molecule has 1 fully saturated rings. The summed E-state index contributed by atoms with van der Waals surface area (Å²) in [7, 11) is 0. The van der Waals surface area contributed by atoms with Crippen LogP contribution in [0.25, 0.3) is 0 Å². The number of ether oxygens (including phenoxy) is 2. The second-order valence-corrected chi connectivity index (χ2v) is 7.95. The molecule has 1 saturated carbocycles. The van der Waals surface area contributed by atoms with Crippen molar-refractivity contribution in [1.82, 2.24) is 4.90 Å². The Kier molecular flexibility index (Phi) is 5.88. The van der Waals surface area contributed by atoms with Crippen LogP contribution in [0, 0.1) is 11.8 Å². The van der Waals surface area contributed by atoms with E-state index in [1.165, 1.54) is 5.92 Å². The number of carbonyl (C=O) groups is 2. The minimum absolute atomic E-state index is 0.315. The van der Waals surface area contributed by atoms with Crippen LogP contribution in [0.15, 0.2) is 0 Å². The molecule has 0 atom stereocenters. The third kappa shape index (κ3) is 6.24. The highest BCUT2D eigenvalue weighted by Crippen LogP contribution is 2.38. The Bertz CT molecular complexity index is 372. The van der Waals surface area contributed by atoms with E-state index in [-0.39, 0.29) is 0 Å². The van der Waals surface area contributed by atoms with Crippen molar-refractivity contribution in [3.8, 4) is 0 Å². The molecule has 0 aliphatic heterocycles. The molecule has 22 heavy (non-hydrogen) atoms. The lowest BCUT2D eigenvalue weighted by Crippen LogP contribution is -2.47. The third-order valence-electron chi connectivity index (χ3n) is 3.32. The Balaban J connectivity index is 2.72. The highest BCUT2D eigenvalue weighted by molar-refractivity contribution is 5.88. The molecule has 0 unspecified atom stereocenters. The van der Waals surface area contributed by atoms with Gasteiger partial charge in [-0.1, -0.05) is 6.92 Å². The van der Waals surface area contributed by atoms with Gasteiger partial charge in [0.15, 0.2) is 0 Å². The molecular weight excluding hydrogens is 282 g/mol. The highest BCUT2D eigenvalue weighted by atomic mass is 16.6. The van der Waals surface area contributed by atoms with Crippen LogP contribution in [-0.2, 0) is 9.47 Å². The van der Waals surface area contributed by atoms with E-state index >= 15 is 0 Å². The van der Waals surface area contributed by atoms with E-state index < -0.39 is 23.4 Å². The fourth-order valence-electron chi connectivity index (χ4n) is 2.29. The second-order valence-electron chi connectivity index (χ2n) is 7.95. The number of hydrogen-bond acceptors (Lipinski definition) is 4. The molecule has 127 valence electrons. The van der Waals surface area contributed by atoms with Gasteiger partial charge in [0.25, 0.3) is 0 Å². The molecule has 5 heteroatoms. The number of nitrogens with zero attached hydrogens (tertiary/aromatic N) is 1. The van der Waals surface area contributed by atoms with Crippen molar-refractivity contribution in [2.75, 3.05) is 6.54 Å². The van der Waals surface area contributed by atoms with Gasteiger partial charge in [0.1, 0.15) is 11.2 Å². The van der Waals surface area contributed by atoms with Crippen molar-refractivity contribution in [2.24, 2.45) is 5.92 Å². The van der Waals surface area contributed by atoms with Crippen LogP contribution in [0.5, 0.6) is 0 Å². The molecule has 1 aliphatic rings. The average molecular weight is 312 g/mol. The average Bonchev–Trinajstić information content (AvgIpc) is 2.21. The van der Waals surface area contributed by atoms with Crippen LogP contribution in [0.1, 0.15) is 67.7 Å². The molecule has 0 aromatic heterocycles. The van der Waals surface area contributed by atoms with Crippen LogP contribution in [0.4, 0.5) is 9.59 Å². The lowest BCUT2D eigenvalue weighted by atomic mass is 9.73. The second kappa shape index (κ2) is 6.88. The highest BCUT2D eigenvalue weighted by Gasteiger charge is 2.37. The molecule has 0 heterocycles. The molecule has 0 saturated heterocycles. The molecule has 0 N–H and O–H groups in total. The molecule has 0 spiro atoms. The van der Waals surface area contributed by atoms with Gasteiger partial charge in [-0.3, -0.25) is 0 Å². The fraction of sp³-hybridized carbons (Fsp3) is 0.824. The van der Waals surface area contributed by atoms with Gasteiger partial charge in [-0.2, -0.15) is 0 Å². The Morgan fingerprint density at radius 3 is 1.73 bits per heavy atom. The van der Waals surface area contributed by atoms with E-state index in [2.05, 4.69) is 6.92 Å². The lowest BCUT2D eigenvalue weighted by Gasteiger charge is -2.37. The van der Waals surface area contributed by atoms with Crippen molar-refractivity contribution in [3.63, 3.8) is 0 Å². The Morgan fingerprint density at radius 2 is 1.41 bits per heavy atom. The van der Waals surface area contributed by atoms with Crippen molar-refractivity contribution in [2.45, 2.75) is 78.9 Å². The summed E-state index contributed by atoms with van der Waals surface area (Å²) in [6.07, 6.45) is 1.74. The quantitative estimate of drug-likeness (QED) is 0.767. The van der Waals surface area contributed by atoms with Crippen LogP contribution in [0.3, 0.4) is 0 Å². The zero-order chi connectivity index (χ0) is 17.1. The van der Waals surface area contributed by atoms with Gasteiger partial charge in [0.05, 0.1) is 0 Å². The van der Waals surface area contributed by atoms with Crippen molar-refractivity contribution < 1.29 is 19.1 Å². The van der Waals surface area contributed by atoms with E-state index in [4.69, 9.17) is 9.47 Å². The zero-order valence-electron chi connectivity index (χ0n) is 15.0. The Labute approximate surface area is 134 Å². The number of rotatable bonds is 3. The summed E-state index contributed by atoms with van der Waals surface area (Å²) in [5.41, 5.74) is -1.28. The summed E-state index contributed by atoms with van der Waals surface area (Å²) >= 11 is 0. The Morgan fingerprint density at radius 1 is 1.00 bits per heavy atom. The van der Waals surface area contributed by atoms with Gasteiger partial charge in [-0.05, 0) is 72.6 Å². The first-order chi connectivity index (χ1) is 9.91. The molecule has 2 amide bonds. The van der Waals surface area contributed by atoms with Crippen LogP contribution in [-0.4, -0.2) is 34.8 Å². The number of imide groups is 1. The number of carbonyl (C=O) groups excluding carboxylic acids is 2. The van der Waals surface area contributed by atoms with Gasteiger partial charge in [0.2, 0.25) is 0 Å². The van der Waals surface area contributed by atoms with E-state index in [0.29, 0.717) is 12.5 Å². The molecule has 1 rings (SSSR count). The van der Waals surface area contributed by atoms with Crippen molar-refractivity contribution in [3.05, 3.63) is 5.92 Å². The van der Waals surface area contributed by atoms with E-state index in [1.807, 2.05) is 0 Å². The topological polar surface area (TPSA) is 55.8 Å². The number of hydrogen-bond donors (Lipinski definition) is 0. The third-order valence-corrected chi connectivity index (χ3v) is 3.32. The van der Waals surface area contributed by atoms with Gasteiger partial charge in [-0.15, -0.1) is 0 Å². The van der Waals surface area contributed by atoms with E-state index in [0.717, 1.165) is 24.2 Å². The summed E-state index contributed by atoms with van der Waals surface area (Å²) < 4.78 is 10.7. The molecule has 0 bridgehead atoms. The van der Waals surface area contributed by atoms with Gasteiger partial charge >= 0.3 is 12.2 Å². The van der Waals surface area contributed by atoms with Gasteiger partial charge < -0.3 is 9.47 Å². The van der Waals surface area contributed by atoms with Crippen LogP contribution in [0.2, 0.25) is 0 Å². The first-order valence-electron chi connectivity index (χ1n) is 7.98. The van der Waals surface area contributed by atoms with Crippen molar-refractivity contribution >= 4 is 12.2 Å². The van der Waals surface area contributed by atoms with Crippen LogP contribution >= 0.6 is 0 Å². The fourth-order valence-corrected chi connectivity index (χ4v) is 2.29. The monoisotopic (exact) mass is 312 g/mol. The summed E-state index contributed by atoms with van der Waals surface area (Å²) in [6, 6.07) is 0. The SMILES string of the molecule is CC[C]1CC(CN(C(=O)OC(C)(C)C)C(=O)OC(C)(C)C)C1. The molecular formula is C17H30NO4. The molecule has 0 aromatic carbocycles. The van der Waals surface area contributed by atoms with E-state index in [1.54, 1.807) is 41.5 Å². The summed E-state index contributed by atoms with van der Waals surface area (Å²) in [5, 5.41) is 0. The predicted molar refractivity (Wildman–Crippen MR) is 85.4 cm³/mol. The molecule has 1 aliphatic carbocycles. The maximum atomic E-state index is 12.3. The lowest BCUT2D eigenvalue weighted by molar-refractivity contribution is -0.00331. The minimum Gasteiger partial charge on any atom is -0.443 e. The smallest absolute Gasteiger partial charge is 0.419 e. The normalized spacial score (nSPS) is 16.9. The first-order valence-corrected chi connectivity index (χ1v) is 7.98. The predicted octanol–water partition coefficient (Wildman–Crippen LogP) is 4.55. The largest absolute Gasteiger partial charge is 0.443 e. The molecule has 5 nitrogen and oxygen atoms in total. The van der Waals surface area contributed by atoms with Crippen LogP contribution < -0.4 is 0 Å². The van der Waals surface area contributed by atoms with E-state index in [9.17, 15) is 9.59 Å². The maximum Gasteiger partial charge on any atom is 0.419 e. The standard InChI is InChI=1S/C17H30NO4/c1-8-12-9-13(10-12)11-18(14(19)21-16(2,3)4)15(20)22-17(5,6)7/h13H,8-11H2,1-7H3. The van der Waals surface area contributed by atoms with Crippen molar-refractivity contribution in [1.29, 1.82) is 0 Å². The zero-order valence-corrected chi connectivity index (χ0v) is 15.0. The van der Waals surface area contributed by atoms with Gasteiger partial charge in [-0.25, -0.2) is 14.5 Å². The van der Waals surface area contributed by atoms with Gasteiger partial charge in [0, 0.05) is 6.54 Å². The summed E-state index contributed by atoms with van der Waals surface area (Å²) in [4.78, 5) is 25.7. The summed E-state index contributed by atoms with van der Waals surface area (Å²) in [5.74, 6) is 1.80. The minimum atomic E-state index is -0.641. The maximum absolute atomic E-state index is 12.3. The molecule has 0 aromatic rings. The summed E-state index contributed by atoms with van der Waals surface area (Å²) in [6.45, 7) is 13.2. The molecule has 1 radical (unpaired) electrons.